The highest BCUT2D eigenvalue weighted by atomic mass is 32.1. The van der Waals surface area contributed by atoms with Crippen LogP contribution >= 0.6 is 11.3 Å². The Morgan fingerprint density at radius 2 is 2.00 bits per heavy atom. The van der Waals surface area contributed by atoms with Gasteiger partial charge in [-0.2, -0.15) is 0 Å². The molecule has 2 aliphatic rings. The van der Waals surface area contributed by atoms with Crippen LogP contribution in [0.1, 0.15) is 31.3 Å². The number of carbonyl (C=O) groups is 1. The number of anilines is 1. The van der Waals surface area contributed by atoms with Crippen LogP contribution in [0.15, 0.2) is 0 Å². The molecule has 0 saturated carbocycles. The Morgan fingerprint density at radius 1 is 1.27 bits per heavy atom. The molecule has 7 heteroatoms. The van der Waals surface area contributed by atoms with Gasteiger partial charge in [-0.1, -0.05) is 11.3 Å². The predicted octanol–water partition coefficient (Wildman–Crippen LogP) is 2.27. The number of fused-ring (bicyclic) bond motifs is 1. The van der Waals surface area contributed by atoms with Crippen molar-refractivity contribution in [1.29, 1.82) is 0 Å². The Bertz CT molecular complexity index is 521. The molecule has 0 aromatic carbocycles. The summed E-state index contributed by atoms with van der Waals surface area (Å²) in [5, 5.41) is 1.05. The fraction of sp³-hybridized carbons (Fsp3) is 0.733. The van der Waals surface area contributed by atoms with Gasteiger partial charge in [0.2, 0.25) is 0 Å². The number of hydrogen-bond acceptors (Lipinski definition) is 6. The van der Waals surface area contributed by atoms with Crippen molar-refractivity contribution >= 4 is 22.6 Å². The molecule has 1 saturated heterocycles. The topological polar surface area (TPSA) is 54.9 Å². The standard InChI is InChI=1S/C15H23N3O3S/c1-15(2,3)21-14(19)18-7-5-17(6-8-18)13-16-11-4-9-20-10-12(11)22-13/h4-10H2,1-3H3. The molecule has 0 spiro atoms. The predicted molar refractivity (Wildman–Crippen MR) is 85.5 cm³/mol. The zero-order valence-corrected chi connectivity index (χ0v) is 14.2. The van der Waals surface area contributed by atoms with Crippen LogP contribution in [-0.4, -0.2) is 54.4 Å². The highest BCUT2D eigenvalue weighted by Crippen LogP contribution is 2.30. The maximum Gasteiger partial charge on any atom is 0.410 e. The minimum Gasteiger partial charge on any atom is -0.444 e. The molecule has 0 aliphatic carbocycles. The van der Waals surface area contributed by atoms with E-state index in [0.717, 1.165) is 31.2 Å². The summed E-state index contributed by atoms with van der Waals surface area (Å²) >= 11 is 1.72. The number of rotatable bonds is 1. The van der Waals surface area contributed by atoms with Crippen LogP contribution in [0, 0.1) is 0 Å². The second-order valence-electron chi connectivity index (χ2n) is 6.62. The summed E-state index contributed by atoms with van der Waals surface area (Å²) in [7, 11) is 0. The summed E-state index contributed by atoms with van der Waals surface area (Å²) < 4.78 is 10.9. The second kappa shape index (κ2) is 6.04. The number of ether oxygens (including phenoxy) is 2. The van der Waals surface area contributed by atoms with Crippen LogP contribution in [-0.2, 0) is 22.5 Å². The lowest BCUT2D eigenvalue weighted by molar-refractivity contribution is 0.0240. The number of piperazine rings is 1. The zero-order chi connectivity index (χ0) is 15.7. The zero-order valence-electron chi connectivity index (χ0n) is 13.4. The molecule has 1 fully saturated rings. The maximum absolute atomic E-state index is 12.1. The van der Waals surface area contributed by atoms with E-state index >= 15 is 0 Å². The smallest absolute Gasteiger partial charge is 0.410 e. The molecule has 0 atom stereocenters. The van der Waals surface area contributed by atoms with E-state index in [1.165, 1.54) is 10.6 Å². The summed E-state index contributed by atoms with van der Waals surface area (Å²) in [6, 6.07) is 0. The van der Waals surface area contributed by atoms with E-state index in [2.05, 4.69) is 4.90 Å². The van der Waals surface area contributed by atoms with Crippen molar-refractivity contribution in [1.82, 2.24) is 9.88 Å². The van der Waals surface area contributed by atoms with E-state index in [-0.39, 0.29) is 6.09 Å². The summed E-state index contributed by atoms with van der Waals surface area (Å²) in [5.74, 6) is 0. The van der Waals surface area contributed by atoms with Gasteiger partial charge in [-0.25, -0.2) is 9.78 Å². The van der Waals surface area contributed by atoms with Gasteiger partial charge >= 0.3 is 6.09 Å². The molecular weight excluding hydrogens is 302 g/mol. The first-order valence-electron chi connectivity index (χ1n) is 7.71. The maximum atomic E-state index is 12.1. The van der Waals surface area contributed by atoms with Gasteiger partial charge in [-0.05, 0) is 20.8 Å². The molecule has 3 heterocycles. The quantitative estimate of drug-likeness (QED) is 0.793. The molecule has 0 radical (unpaired) electrons. The average molecular weight is 325 g/mol. The summed E-state index contributed by atoms with van der Waals surface area (Å²) in [4.78, 5) is 22.1. The normalized spacial score (nSPS) is 19.0. The van der Waals surface area contributed by atoms with E-state index in [9.17, 15) is 4.79 Å². The van der Waals surface area contributed by atoms with Crippen molar-refractivity contribution in [3.8, 4) is 0 Å². The fourth-order valence-corrected chi connectivity index (χ4v) is 3.65. The molecule has 0 bridgehead atoms. The number of nitrogens with zero attached hydrogens (tertiary/aromatic N) is 3. The summed E-state index contributed by atoms with van der Waals surface area (Å²) in [6.07, 6.45) is 0.683. The van der Waals surface area contributed by atoms with Crippen molar-refractivity contribution in [3.63, 3.8) is 0 Å². The van der Waals surface area contributed by atoms with Crippen molar-refractivity contribution in [2.75, 3.05) is 37.7 Å². The van der Waals surface area contributed by atoms with Crippen LogP contribution in [0.5, 0.6) is 0 Å². The molecule has 1 amide bonds. The number of aromatic nitrogens is 1. The van der Waals surface area contributed by atoms with Gasteiger partial charge in [0, 0.05) is 32.6 Å². The third-order valence-electron chi connectivity index (χ3n) is 3.69. The number of carbonyl (C=O) groups excluding carboxylic acids is 1. The number of hydrogen-bond donors (Lipinski definition) is 0. The van der Waals surface area contributed by atoms with Crippen molar-refractivity contribution < 1.29 is 14.3 Å². The van der Waals surface area contributed by atoms with Gasteiger partial charge in [-0.15, -0.1) is 0 Å². The van der Waals surface area contributed by atoms with Crippen LogP contribution < -0.4 is 4.90 Å². The van der Waals surface area contributed by atoms with E-state index in [1.807, 2.05) is 20.8 Å². The van der Waals surface area contributed by atoms with Gasteiger partial charge in [-0.3, -0.25) is 0 Å². The van der Waals surface area contributed by atoms with Crippen LogP contribution in [0.4, 0.5) is 9.93 Å². The van der Waals surface area contributed by atoms with E-state index in [0.29, 0.717) is 19.7 Å². The molecule has 1 aromatic rings. The van der Waals surface area contributed by atoms with E-state index < -0.39 is 5.60 Å². The van der Waals surface area contributed by atoms with Gasteiger partial charge in [0.15, 0.2) is 5.13 Å². The first-order valence-corrected chi connectivity index (χ1v) is 8.53. The lowest BCUT2D eigenvalue weighted by Crippen LogP contribution is -2.50. The first-order chi connectivity index (χ1) is 10.4. The minimum absolute atomic E-state index is 0.223. The van der Waals surface area contributed by atoms with Gasteiger partial charge < -0.3 is 19.3 Å². The van der Waals surface area contributed by atoms with Crippen LogP contribution in [0.2, 0.25) is 0 Å². The van der Waals surface area contributed by atoms with Crippen molar-refractivity contribution in [2.45, 2.75) is 39.4 Å². The van der Waals surface area contributed by atoms with E-state index in [4.69, 9.17) is 14.5 Å². The highest BCUT2D eigenvalue weighted by molar-refractivity contribution is 7.15. The Morgan fingerprint density at radius 3 is 2.64 bits per heavy atom. The summed E-state index contributed by atoms with van der Waals surface area (Å²) in [5.41, 5.74) is 0.739. The second-order valence-corrected chi connectivity index (χ2v) is 7.69. The number of amides is 1. The Kier molecular flexibility index (Phi) is 4.27. The molecule has 22 heavy (non-hydrogen) atoms. The molecule has 122 valence electrons. The SMILES string of the molecule is CC(C)(C)OC(=O)N1CCN(c2nc3c(s2)COCC3)CC1. The van der Waals surface area contributed by atoms with Crippen LogP contribution in [0.25, 0.3) is 0 Å². The van der Waals surface area contributed by atoms with Gasteiger partial charge in [0.1, 0.15) is 5.60 Å². The minimum atomic E-state index is -0.442. The highest BCUT2D eigenvalue weighted by Gasteiger charge is 2.27. The average Bonchev–Trinajstić information content (AvgIpc) is 2.89. The van der Waals surface area contributed by atoms with Crippen molar-refractivity contribution in [3.05, 3.63) is 10.6 Å². The monoisotopic (exact) mass is 325 g/mol. The molecule has 6 nitrogen and oxygen atoms in total. The van der Waals surface area contributed by atoms with Crippen molar-refractivity contribution in [2.24, 2.45) is 0 Å². The molecule has 2 aliphatic heterocycles. The third-order valence-corrected chi connectivity index (χ3v) is 4.82. The van der Waals surface area contributed by atoms with Gasteiger partial charge in [0.05, 0.1) is 23.8 Å². The lowest BCUT2D eigenvalue weighted by atomic mass is 10.2. The lowest BCUT2D eigenvalue weighted by Gasteiger charge is -2.35. The van der Waals surface area contributed by atoms with Gasteiger partial charge in [0.25, 0.3) is 0 Å². The number of thiazole rings is 1. The Labute approximate surface area is 135 Å². The molecule has 3 rings (SSSR count). The summed E-state index contributed by atoms with van der Waals surface area (Å²) in [6.45, 7) is 10.1. The van der Waals surface area contributed by atoms with Crippen LogP contribution in [0.3, 0.4) is 0 Å². The Balaban J connectivity index is 1.57. The molecule has 0 unspecified atom stereocenters. The molecular formula is C15H23N3O3S. The Hall–Kier alpha value is -1.34. The third kappa shape index (κ3) is 3.52. The molecule has 0 N–H and O–H groups in total. The molecule has 1 aromatic heterocycles. The van der Waals surface area contributed by atoms with E-state index in [1.54, 1.807) is 16.2 Å². The first kappa shape index (κ1) is 15.6. The largest absolute Gasteiger partial charge is 0.444 e. The fourth-order valence-electron chi connectivity index (χ4n) is 2.55.